The predicted octanol–water partition coefficient (Wildman–Crippen LogP) is 1.87. The molecule has 6 heteroatoms. The molecule has 0 saturated heterocycles. The number of rotatable bonds is 3. The van der Waals surface area contributed by atoms with E-state index in [1.807, 2.05) is 0 Å². The van der Waals surface area contributed by atoms with E-state index in [0.29, 0.717) is 11.4 Å². The topological polar surface area (TPSA) is 57.2 Å². The van der Waals surface area contributed by atoms with E-state index < -0.39 is 17.9 Å². The van der Waals surface area contributed by atoms with Gasteiger partial charge in [0.25, 0.3) is 6.43 Å². The Labute approximate surface area is 105 Å². The van der Waals surface area contributed by atoms with Gasteiger partial charge in [-0.25, -0.2) is 13.6 Å². The second kappa shape index (κ2) is 4.68. The fraction of sp³-hybridized carbons (Fsp3) is 0.583. The van der Waals surface area contributed by atoms with Crippen molar-refractivity contribution in [3.63, 3.8) is 0 Å². The van der Waals surface area contributed by atoms with Gasteiger partial charge in [-0.15, -0.1) is 0 Å². The number of hydrogen-bond acceptors (Lipinski definition) is 3. The third-order valence-corrected chi connectivity index (χ3v) is 3.36. The predicted molar refractivity (Wildman–Crippen MR) is 63.8 cm³/mol. The van der Waals surface area contributed by atoms with Crippen LogP contribution in [0.25, 0.3) is 0 Å². The van der Waals surface area contributed by atoms with E-state index in [-0.39, 0.29) is 11.1 Å². The summed E-state index contributed by atoms with van der Waals surface area (Å²) in [6.07, 6.45) is -2.78. The van der Waals surface area contributed by atoms with Crippen molar-refractivity contribution in [1.82, 2.24) is 4.57 Å². The molecule has 1 atom stereocenters. The Morgan fingerprint density at radius 1 is 1.39 bits per heavy atom. The molecule has 1 rings (SSSR count). The van der Waals surface area contributed by atoms with Crippen molar-refractivity contribution in [3.8, 4) is 0 Å². The van der Waals surface area contributed by atoms with Gasteiger partial charge in [-0.05, 0) is 20.8 Å². The summed E-state index contributed by atoms with van der Waals surface area (Å²) in [7, 11) is 2.91. The van der Waals surface area contributed by atoms with Crippen molar-refractivity contribution in [2.75, 3.05) is 7.11 Å². The quantitative estimate of drug-likeness (QED) is 0.844. The zero-order valence-corrected chi connectivity index (χ0v) is 11.2. The van der Waals surface area contributed by atoms with Crippen molar-refractivity contribution in [2.24, 2.45) is 12.8 Å². The van der Waals surface area contributed by atoms with Crippen LogP contribution in [0.3, 0.4) is 0 Å². The van der Waals surface area contributed by atoms with Crippen LogP contribution in [0.4, 0.5) is 8.78 Å². The Hall–Kier alpha value is -1.43. The lowest BCUT2D eigenvalue weighted by Gasteiger charge is -2.25. The van der Waals surface area contributed by atoms with E-state index in [9.17, 15) is 13.6 Å². The van der Waals surface area contributed by atoms with Gasteiger partial charge in [0.15, 0.2) is 0 Å². The highest BCUT2D eigenvalue weighted by molar-refractivity contribution is 5.93. The third kappa shape index (κ3) is 2.01. The van der Waals surface area contributed by atoms with Crippen LogP contribution in [0.5, 0.6) is 0 Å². The Morgan fingerprint density at radius 3 is 2.28 bits per heavy atom. The first kappa shape index (κ1) is 14.6. The van der Waals surface area contributed by atoms with Gasteiger partial charge in [-0.3, -0.25) is 0 Å². The highest BCUT2D eigenvalue weighted by Crippen LogP contribution is 2.34. The number of hydrogen-bond donors (Lipinski definition) is 1. The van der Waals surface area contributed by atoms with Crippen LogP contribution in [0.15, 0.2) is 0 Å². The van der Waals surface area contributed by atoms with Gasteiger partial charge in [0, 0.05) is 24.0 Å². The molecule has 0 fully saturated rings. The number of nitrogens with two attached hydrogens (primary N) is 1. The lowest BCUT2D eigenvalue weighted by Crippen LogP contribution is -2.42. The van der Waals surface area contributed by atoms with E-state index in [1.165, 1.54) is 14.0 Å². The van der Waals surface area contributed by atoms with Gasteiger partial charge in [0.05, 0.1) is 12.7 Å². The average Bonchev–Trinajstić information content (AvgIpc) is 2.52. The first-order valence-electron chi connectivity index (χ1n) is 5.47. The first-order chi connectivity index (χ1) is 8.16. The zero-order chi connectivity index (χ0) is 14.2. The van der Waals surface area contributed by atoms with E-state index in [0.717, 1.165) is 0 Å². The summed E-state index contributed by atoms with van der Waals surface area (Å²) in [5, 5.41) is 0. The highest BCUT2D eigenvalue weighted by Gasteiger charge is 2.40. The number of nitrogens with zero attached hydrogens (tertiary/aromatic N) is 1. The molecule has 0 bridgehead atoms. The molecule has 0 saturated carbocycles. The molecular formula is C12H18F2N2O2. The summed E-state index contributed by atoms with van der Waals surface area (Å²) < 4.78 is 32.5. The Kier molecular flexibility index (Phi) is 3.81. The van der Waals surface area contributed by atoms with Crippen LogP contribution in [-0.4, -0.2) is 24.1 Å². The van der Waals surface area contributed by atoms with E-state index in [1.54, 1.807) is 25.5 Å². The first-order valence-corrected chi connectivity index (χ1v) is 5.47. The third-order valence-electron chi connectivity index (χ3n) is 3.36. The van der Waals surface area contributed by atoms with Crippen molar-refractivity contribution in [1.29, 1.82) is 0 Å². The number of carbonyl (C=O) groups is 1. The molecule has 18 heavy (non-hydrogen) atoms. The van der Waals surface area contributed by atoms with Crippen LogP contribution in [-0.2, 0) is 17.3 Å². The molecule has 0 spiro atoms. The highest BCUT2D eigenvalue weighted by atomic mass is 19.3. The van der Waals surface area contributed by atoms with Crippen LogP contribution in [0.1, 0.15) is 34.2 Å². The maximum absolute atomic E-state index is 13.1. The molecule has 1 unspecified atom stereocenters. The molecule has 2 N–H and O–H groups in total. The summed E-state index contributed by atoms with van der Waals surface area (Å²) in [5.74, 6) is -0.650. The number of alkyl halides is 2. The Balaban J connectivity index is 3.62. The Bertz CT molecular complexity index is 479. The number of halogens is 2. The normalized spacial score (nSPS) is 14.7. The molecule has 1 heterocycles. The number of aromatic nitrogens is 1. The van der Waals surface area contributed by atoms with Crippen LogP contribution < -0.4 is 5.73 Å². The largest absolute Gasteiger partial charge is 0.465 e. The van der Waals surface area contributed by atoms with E-state index in [2.05, 4.69) is 4.74 Å². The van der Waals surface area contributed by atoms with Gasteiger partial charge >= 0.3 is 5.97 Å². The minimum absolute atomic E-state index is 0.128. The minimum atomic E-state index is -2.78. The summed E-state index contributed by atoms with van der Waals surface area (Å²) >= 11 is 0. The van der Waals surface area contributed by atoms with Crippen molar-refractivity contribution >= 4 is 5.97 Å². The van der Waals surface area contributed by atoms with Crippen molar-refractivity contribution in [2.45, 2.75) is 32.7 Å². The number of carbonyl (C=O) groups excluding carboxylic acids is 1. The second-order valence-electron chi connectivity index (χ2n) is 4.55. The molecule has 102 valence electrons. The van der Waals surface area contributed by atoms with Crippen LogP contribution in [0, 0.1) is 13.8 Å². The summed E-state index contributed by atoms with van der Waals surface area (Å²) in [6, 6.07) is 0. The summed E-state index contributed by atoms with van der Waals surface area (Å²) in [4.78, 5) is 11.8. The number of methoxy groups -OCH3 is 1. The van der Waals surface area contributed by atoms with Crippen LogP contribution >= 0.6 is 0 Å². The smallest absolute Gasteiger partial charge is 0.340 e. The van der Waals surface area contributed by atoms with Crippen molar-refractivity contribution < 1.29 is 18.3 Å². The van der Waals surface area contributed by atoms with Gasteiger partial charge in [-0.2, -0.15) is 0 Å². The standard InChI is InChI=1S/C12H18F2N2O2/c1-6-8(10(17)18-5)9(7(2)16(6)4)12(3,15)11(13)14/h11H,15H2,1-5H3. The molecule has 4 nitrogen and oxygen atoms in total. The second-order valence-corrected chi connectivity index (χ2v) is 4.55. The maximum Gasteiger partial charge on any atom is 0.340 e. The number of ether oxygens (including phenoxy) is 1. The Morgan fingerprint density at radius 2 is 1.89 bits per heavy atom. The van der Waals surface area contributed by atoms with Gasteiger partial charge in [0.1, 0.15) is 5.54 Å². The summed E-state index contributed by atoms with van der Waals surface area (Å²) in [5.41, 5.74) is 5.17. The molecule has 0 radical (unpaired) electrons. The molecule has 0 aliphatic heterocycles. The lowest BCUT2D eigenvalue weighted by molar-refractivity contribution is 0.0546. The van der Waals surface area contributed by atoms with Gasteiger partial charge < -0.3 is 15.0 Å². The monoisotopic (exact) mass is 260 g/mol. The lowest BCUT2D eigenvalue weighted by atomic mass is 9.89. The zero-order valence-electron chi connectivity index (χ0n) is 11.2. The molecule has 0 aromatic carbocycles. The molecule has 0 amide bonds. The van der Waals surface area contributed by atoms with Crippen LogP contribution in [0.2, 0.25) is 0 Å². The summed E-state index contributed by atoms with van der Waals surface area (Å²) in [6.45, 7) is 4.54. The van der Waals surface area contributed by atoms with Gasteiger partial charge in [0.2, 0.25) is 0 Å². The maximum atomic E-state index is 13.1. The van der Waals surface area contributed by atoms with E-state index >= 15 is 0 Å². The molecule has 1 aromatic rings. The SMILES string of the molecule is COC(=O)c1c(C(C)(N)C(F)F)c(C)n(C)c1C. The van der Waals surface area contributed by atoms with E-state index in [4.69, 9.17) is 5.73 Å². The fourth-order valence-electron chi connectivity index (χ4n) is 2.07. The molecule has 0 aliphatic carbocycles. The molecule has 0 aliphatic rings. The fourth-order valence-corrected chi connectivity index (χ4v) is 2.07. The van der Waals surface area contributed by atoms with Gasteiger partial charge in [-0.1, -0.05) is 0 Å². The number of esters is 1. The molecular weight excluding hydrogens is 242 g/mol. The van der Waals surface area contributed by atoms with Crippen molar-refractivity contribution in [3.05, 3.63) is 22.5 Å². The minimum Gasteiger partial charge on any atom is -0.465 e. The average molecular weight is 260 g/mol. The molecule has 1 aromatic heterocycles.